The van der Waals surface area contributed by atoms with Crippen molar-refractivity contribution in [3.63, 3.8) is 0 Å². The Morgan fingerprint density at radius 2 is 1.00 bits per heavy atom. The third-order valence-corrected chi connectivity index (χ3v) is 7.81. The number of hydrogen-bond donors (Lipinski definition) is 0. The van der Waals surface area contributed by atoms with E-state index in [2.05, 4.69) is 0 Å². The van der Waals surface area contributed by atoms with Crippen LogP contribution in [0.3, 0.4) is 0 Å². The van der Waals surface area contributed by atoms with Crippen LogP contribution in [0.15, 0.2) is 113 Å². The van der Waals surface area contributed by atoms with Crippen LogP contribution < -0.4 is 9.65 Å². The predicted octanol–water partition coefficient (Wildman–Crippen LogP) is 8.19. The Bertz CT molecular complexity index is 1670. The van der Waals surface area contributed by atoms with Gasteiger partial charge < -0.3 is 12.9 Å². The minimum Gasteiger partial charge on any atom is -0.445 e. The highest BCUT2D eigenvalue weighted by atomic mass is 32.3. The van der Waals surface area contributed by atoms with Gasteiger partial charge in [-0.25, -0.2) is 22.0 Å². The van der Waals surface area contributed by atoms with Crippen molar-refractivity contribution < 1.29 is 43.3 Å². The summed E-state index contributed by atoms with van der Waals surface area (Å²) in [6.07, 6.45) is 0. The number of hydrogen-bond acceptors (Lipinski definition) is 2. The lowest BCUT2D eigenvalue weighted by Gasteiger charge is -2.17. The fourth-order valence-corrected chi connectivity index (χ4v) is 5.58. The molecule has 0 aromatic heterocycles. The number of rotatable bonds is 5. The van der Waals surface area contributed by atoms with Gasteiger partial charge in [0, 0.05) is 6.07 Å². The molecular weight excluding hydrogens is 563 g/mol. The molecule has 5 aromatic rings. The van der Waals surface area contributed by atoms with E-state index in [0.29, 0.717) is 15.5 Å². The second-order valence-electron chi connectivity index (χ2n) is 8.28. The van der Waals surface area contributed by atoms with Gasteiger partial charge in [-0.05, 0) is 56.8 Å². The van der Waals surface area contributed by atoms with Crippen LogP contribution in [0.25, 0.3) is 10.8 Å². The zero-order chi connectivity index (χ0) is 29.1. The molecule has 0 saturated carbocycles. The summed E-state index contributed by atoms with van der Waals surface area (Å²) in [5, 5.41) is 2.15. The van der Waals surface area contributed by atoms with Crippen molar-refractivity contribution in [3.05, 3.63) is 132 Å². The topological polar surface area (TPSA) is 26.3 Å². The zero-order valence-corrected chi connectivity index (χ0v) is 21.0. The maximum Gasteiger partial charge on any atom is 0.515 e. The van der Waals surface area contributed by atoms with Crippen LogP contribution in [0.4, 0.5) is 34.9 Å². The molecule has 1 atom stereocenters. The van der Waals surface area contributed by atoms with Crippen LogP contribution in [0.2, 0.25) is 0 Å². The molecule has 0 saturated heterocycles. The molecule has 0 N–H and O–H groups in total. The summed E-state index contributed by atoms with van der Waals surface area (Å²) in [6, 6.07) is 32.5. The van der Waals surface area contributed by atoms with Gasteiger partial charge in [0.25, 0.3) is 0 Å². The zero-order valence-electron chi connectivity index (χ0n) is 20.1. The van der Waals surface area contributed by atoms with E-state index >= 15 is 0 Å². The standard InChI is InChI=1S/C22H17O2S.C6BF8/c23-25(21-13-5-2-6-14-21,24-20-11-3-1-4-12-20)22-16-15-18-9-7-8-10-19(18)17-22;8-2-1(7(13,14)15)3(9)5(11)6(12)4(2)10/h1-17H;/q+1;-1. The first-order chi connectivity index (χ1) is 18.9. The van der Waals surface area contributed by atoms with Crippen LogP contribution in [-0.2, 0) is 14.4 Å². The normalized spacial score (nSPS) is 12.8. The molecule has 0 amide bonds. The quantitative estimate of drug-likeness (QED) is 0.0689. The van der Waals surface area contributed by atoms with Crippen molar-refractivity contribution in [2.75, 3.05) is 0 Å². The maximum atomic E-state index is 14.0. The predicted molar refractivity (Wildman–Crippen MR) is 137 cm³/mol. The van der Waals surface area contributed by atoms with Gasteiger partial charge in [0.05, 0.1) is 0 Å². The molecule has 40 heavy (non-hydrogen) atoms. The molecule has 0 radical (unpaired) electrons. The van der Waals surface area contributed by atoms with Gasteiger partial charge in [0.2, 0.25) is 9.79 Å². The Kier molecular flexibility index (Phi) is 8.29. The maximum absolute atomic E-state index is 14.0. The summed E-state index contributed by atoms with van der Waals surface area (Å²) in [4.78, 5) is 1.33. The van der Waals surface area contributed by atoms with Gasteiger partial charge in [-0.2, -0.15) is 0 Å². The van der Waals surface area contributed by atoms with Crippen molar-refractivity contribution in [3.8, 4) is 5.75 Å². The Labute approximate surface area is 224 Å². The van der Waals surface area contributed by atoms with Crippen LogP contribution in [-0.4, -0.2) is 6.98 Å². The van der Waals surface area contributed by atoms with Gasteiger partial charge in [0.15, 0.2) is 23.2 Å². The first-order valence-corrected chi connectivity index (χ1v) is 13.0. The van der Waals surface area contributed by atoms with Gasteiger partial charge in [-0.1, -0.05) is 60.7 Å². The molecule has 1 unspecified atom stereocenters. The highest BCUT2D eigenvalue weighted by molar-refractivity contribution is 7.99. The molecule has 0 spiro atoms. The first kappa shape index (κ1) is 28.8. The van der Waals surface area contributed by atoms with E-state index in [0.717, 1.165) is 10.8 Å². The third kappa shape index (κ3) is 5.86. The molecule has 0 heterocycles. The van der Waals surface area contributed by atoms with Crippen molar-refractivity contribution in [1.29, 1.82) is 0 Å². The van der Waals surface area contributed by atoms with Crippen LogP contribution in [0.5, 0.6) is 5.75 Å². The van der Waals surface area contributed by atoms with E-state index in [1.807, 2.05) is 103 Å². The van der Waals surface area contributed by atoms with Crippen LogP contribution in [0.1, 0.15) is 0 Å². The minimum atomic E-state index is -6.30. The third-order valence-electron chi connectivity index (χ3n) is 5.61. The molecule has 0 aliphatic carbocycles. The van der Waals surface area contributed by atoms with Crippen LogP contribution in [0, 0.1) is 29.1 Å². The Morgan fingerprint density at radius 3 is 1.55 bits per heavy atom. The number of benzene rings is 5. The van der Waals surface area contributed by atoms with Crippen LogP contribution >= 0.6 is 0 Å². The summed E-state index contributed by atoms with van der Waals surface area (Å²) in [7, 11) is -2.89. The fraction of sp³-hybridized carbons (Fsp3) is 0. The van der Waals surface area contributed by atoms with E-state index in [9.17, 15) is 39.1 Å². The van der Waals surface area contributed by atoms with E-state index in [4.69, 9.17) is 4.18 Å². The molecule has 0 bridgehead atoms. The molecule has 5 rings (SSSR count). The molecular formula is C28H17BF8O2S. The summed E-state index contributed by atoms with van der Waals surface area (Å²) in [5.74, 6) is -13.0. The van der Waals surface area contributed by atoms with E-state index < -0.39 is 51.7 Å². The van der Waals surface area contributed by atoms with Gasteiger partial charge in [-0.15, -0.1) is 0 Å². The lowest BCUT2D eigenvalue weighted by molar-refractivity contribution is 0.377. The van der Waals surface area contributed by atoms with E-state index in [1.165, 1.54) is 0 Å². The SMILES string of the molecule is Fc1c(F)c(F)c([B-](F)(F)F)c(F)c1F.O=[S+](Oc1ccccc1)(c1ccccc1)c1ccc2ccccc2c1. The Balaban J connectivity index is 0.000000212. The van der Waals surface area contributed by atoms with Crippen molar-refractivity contribution in [1.82, 2.24) is 0 Å². The molecule has 0 aliphatic heterocycles. The van der Waals surface area contributed by atoms with Crippen molar-refractivity contribution in [2.24, 2.45) is 0 Å². The number of halogens is 8. The lowest BCUT2D eigenvalue weighted by atomic mass is 9.79. The Morgan fingerprint density at radius 1 is 0.525 bits per heavy atom. The second kappa shape index (κ2) is 11.5. The molecule has 5 aromatic carbocycles. The van der Waals surface area contributed by atoms with E-state index in [-0.39, 0.29) is 0 Å². The largest absolute Gasteiger partial charge is 0.515 e. The highest BCUT2D eigenvalue weighted by Gasteiger charge is 2.39. The van der Waals surface area contributed by atoms with Crippen molar-refractivity contribution in [2.45, 2.75) is 9.79 Å². The molecule has 0 aliphatic rings. The summed E-state index contributed by atoms with van der Waals surface area (Å²) in [5.41, 5.74) is -2.73. The van der Waals surface area contributed by atoms with Gasteiger partial charge in [0.1, 0.15) is 11.6 Å². The smallest absolute Gasteiger partial charge is 0.445 e. The van der Waals surface area contributed by atoms with Gasteiger partial charge in [-0.3, -0.25) is 4.18 Å². The van der Waals surface area contributed by atoms with Crippen molar-refractivity contribution >= 4 is 33.4 Å². The summed E-state index contributed by atoms with van der Waals surface area (Å²) < 4.78 is 118. The van der Waals surface area contributed by atoms with E-state index in [1.54, 1.807) is 0 Å². The summed E-state index contributed by atoms with van der Waals surface area (Å²) >= 11 is 0. The Hall–Kier alpha value is -4.19. The first-order valence-electron chi connectivity index (χ1n) is 11.5. The average Bonchev–Trinajstić information content (AvgIpc) is 2.95. The molecule has 2 nitrogen and oxygen atoms in total. The fourth-order valence-electron chi connectivity index (χ4n) is 3.69. The monoisotopic (exact) mass is 580 g/mol. The molecule has 206 valence electrons. The summed E-state index contributed by atoms with van der Waals surface area (Å²) in [6.45, 7) is -6.30. The second-order valence-corrected chi connectivity index (χ2v) is 10.4. The minimum absolute atomic E-state index is 0.588. The lowest BCUT2D eigenvalue weighted by Crippen LogP contribution is -2.41. The molecule has 12 heteroatoms. The van der Waals surface area contributed by atoms with Gasteiger partial charge >= 0.3 is 17.2 Å². The number of para-hydroxylation sites is 1. The number of fused-ring (bicyclic) bond motifs is 1. The highest BCUT2D eigenvalue weighted by Crippen LogP contribution is 2.33. The molecule has 0 fully saturated rings. The average molecular weight is 580 g/mol.